The highest BCUT2D eigenvalue weighted by molar-refractivity contribution is 7.14. The molecule has 0 aliphatic rings. The molecule has 0 amide bonds. The van der Waals surface area contributed by atoms with E-state index >= 15 is 0 Å². The molecular weight excluding hydrogens is 283 g/mol. The number of rotatable bonds is 3. The lowest BCUT2D eigenvalue weighted by Crippen LogP contribution is -1.91. The molecule has 0 bridgehead atoms. The summed E-state index contributed by atoms with van der Waals surface area (Å²) in [5.41, 5.74) is 5.24. The first-order valence-corrected chi connectivity index (χ1v) is 7.55. The van der Waals surface area contributed by atoms with Crippen LogP contribution in [0, 0.1) is 19.7 Å². The van der Waals surface area contributed by atoms with Crippen LogP contribution in [0.15, 0.2) is 47.8 Å². The fourth-order valence-electron chi connectivity index (χ4n) is 2.25. The predicted octanol–water partition coefficient (Wildman–Crippen LogP) is 5.31. The SMILES string of the molecule is Cc1cc(C)cc(Nc2nc(-c3ccc(F)cc3)cs2)c1. The molecule has 3 rings (SSSR count). The summed E-state index contributed by atoms with van der Waals surface area (Å²) in [5, 5.41) is 6.12. The second kappa shape index (κ2) is 5.66. The van der Waals surface area contributed by atoms with Crippen LogP contribution in [-0.2, 0) is 0 Å². The Kier molecular flexibility index (Phi) is 3.71. The molecule has 1 heterocycles. The fourth-order valence-corrected chi connectivity index (χ4v) is 2.99. The minimum atomic E-state index is -0.234. The van der Waals surface area contributed by atoms with Gasteiger partial charge in [0.1, 0.15) is 5.82 Å². The van der Waals surface area contributed by atoms with Crippen molar-refractivity contribution in [2.75, 3.05) is 5.32 Å². The van der Waals surface area contributed by atoms with Crippen molar-refractivity contribution in [3.63, 3.8) is 0 Å². The van der Waals surface area contributed by atoms with Crippen LogP contribution in [0.25, 0.3) is 11.3 Å². The molecule has 2 nitrogen and oxygen atoms in total. The smallest absolute Gasteiger partial charge is 0.187 e. The van der Waals surface area contributed by atoms with Crippen LogP contribution >= 0.6 is 11.3 Å². The molecular formula is C17H15FN2S. The lowest BCUT2D eigenvalue weighted by atomic mass is 10.1. The molecule has 0 aliphatic heterocycles. The highest BCUT2D eigenvalue weighted by Gasteiger charge is 2.05. The Labute approximate surface area is 127 Å². The van der Waals surface area contributed by atoms with Gasteiger partial charge in [0.2, 0.25) is 0 Å². The summed E-state index contributed by atoms with van der Waals surface area (Å²) < 4.78 is 12.9. The van der Waals surface area contributed by atoms with E-state index in [2.05, 4.69) is 42.3 Å². The van der Waals surface area contributed by atoms with E-state index in [4.69, 9.17) is 0 Å². The third-order valence-electron chi connectivity index (χ3n) is 3.12. The Balaban J connectivity index is 1.83. The van der Waals surface area contributed by atoms with Crippen LogP contribution in [0.2, 0.25) is 0 Å². The van der Waals surface area contributed by atoms with E-state index in [1.54, 1.807) is 12.1 Å². The number of anilines is 2. The highest BCUT2D eigenvalue weighted by atomic mass is 32.1. The van der Waals surface area contributed by atoms with E-state index < -0.39 is 0 Å². The van der Waals surface area contributed by atoms with Crippen LogP contribution in [0.1, 0.15) is 11.1 Å². The van der Waals surface area contributed by atoms with Gasteiger partial charge in [-0.3, -0.25) is 0 Å². The quantitative estimate of drug-likeness (QED) is 0.709. The third kappa shape index (κ3) is 3.28. The molecule has 106 valence electrons. The predicted molar refractivity (Wildman–Crippen MR) is 86.7 cm³/mol. The third-order valence-corrected chi connectivity index (χ3v) is 3.87. The average Bonchev–Trinajstić information content (AvgIpc) is 2.87. The molecule has 1 N–H and O–H groups in total. The maximum absolute atomic E-state index is 12.9. The summed E-state index contributed by atoms with van der Waals surface area (Å²) in [6.45, 7) is 4.15. The van der Waals surface area contributed by atoms with Crippen molar-refractivity contribution in [3.8, 4) is 11.3 Å². The van der Waals surface area contributed by atoms with Gasteiger partial charge in [0.15, 0.2) is 5.13 Å². The molecule has 0 radical (unpaired) electrons. The first kappa shape index (κ1) is 13.8. The summed E-state index contributed by atoms with van der Waals surface area (Å²) in [6.07, 6.45) is 0. The van der Waals surface area contributed by atoms with Crippen LogP contribution in [-0.4, -0.2) is 4.98 Å². The van der Waals surface area contributed by atoms with Crippen molar-refractivity contribution in [3.05, 3.63) is 64.8 Å². The monoisotopic (exact) mass is 298 g/mol. The molecule has 4 heteroatoms. The van der Waals surface area contributed by atoms with E-state index in [0.717, 1.165) is 22.1 Å². The number of nitrogens with zero attached hydrogens (tertiary/aromatic N) is 1. The van der Waals surface area contributed by atoms with Gasteiger partial charge < -0.3 is 5.32 Å². The zero-order valence-electron chi connectivity index (χ0n) is 11.9. The number of nitrogens with one attached hydrogen (secondary N) is 1. The number of aryl methyl sites for hydroxylation is 2. The van der Waals surface area contributed by atoms with Crippen molar-refractivity contribution in [2.24, 2.45) is 0 Å². The summed E-state index contributed by atoms with van der Waals surface area (Å²) in [4.78, 5) is 4.55. The first-order chi connectivity index (χ1) is 10.1. The van der Waals surface area contributed by atoms with Gasteiger partial charge >= 0.3 is 0 Å². The lowest BCUT2D eigenvalue weighted by molar-refractivity contribution is 0.628. The number of hydrogen-bond donors (Lipinski definition) is 1. The molecule has 0 atom stereocenters. The molecule has 0 fully saturated rings. The van der Waals surface area contributed by atoms with E-state index in [-0.39, 0.29) is 5.82 Å². The molecule has 3 aromatic rings. The number of benzene rings is 2. The number of thiazole rings is 1. The standard InChI is InChI=1S/C17H15FN2S/c1-11-7-12(2)9-15(8-11)19-17-20-16(10-21-17)13-3-5-14(18)6-4-13/h3-10H,1-2H3,(H,19,20). The van der Waals surface area contributed by atoms with E-state index in [1.165, 1.54) is 34.6 Å². The fraction of sp³-hybridized carbons (Fsp3) is 0.118. The van der Waals surface area contributed by atoms with Crippen molar-refractivity contribution in [2.45, 2.75) is 13.8 Å². The lowest BCUT2D eigenvalue weighted by Gasteiger charge is -2.05. The molecule has 0 saturated carbocycles. The summed E-state index contributed by atoms with van der Waals surface area (Å²) in [7, 11) is 0. The van der Waals surface area contributed by atoms with E-state index in [9.17, 15) is 4.39 Å². The van der Waals surface area contributed by atoms with Crippen LogP contribution in [0.4, 0.5) is 15.2 Å². The van der Waals surface area contributed by atoms with Gasteiger partial charge in [-0.05, 0) is 61.4 Å². The van der Waals surface area contributed by atoms with Crippen molar-refractivity contribution in [1.82, 2.24) is 4.98 Å². The second-order valence-electron chi connectivity index (χ2n) is 5.05. The molecule has 0 spiro atoms. The van der Waals surface area contributed by atoms with Crippen LogP contribution in [0.3, 0.4) is 0 Å². The second-order valence-corrected chi connectivity index (χ2v) is 5.90. The maximum atomic E-state index is 12.9. The number of halogens is 1. The van der Waals surface area contributed by atoms with Crippen LogP contribution in [0.5, 0.6) is 0 Å². The van der Waals surface area contributed by atoms with E-state index in [1.807, 2.05) is 5.38 Å². The molecule has 21 heavy (non-hydrogen) atoms. The zero-order chi connectivity index (χ0) is 14.8. The minimum Gasteiger partial charge on any atom is -0.332 e. The van der Waals surface area contributed by atoms with Gasteiger partial charge in [0.05, 0.1) is 5.69 Å². The molecule has 0 aliphatic carbocycles. The minimum absolute atomic E-state index is 0.234. The molecule has 1 aromatic heterocycles. The van der Waals surface area contributed by atoms with Gasteiger partial charge in [0, 0.05) is 16.6 Å². The summed E-state index contributed by atoms with van der Waals surface area (Å²) >= 11 is 1.54. The number of hydrogen-bond acceptors (Lipinski definition) is 3. The summed E-state index contributed by atoms with van der Waals surface area (Å²) in [6, 6.07) is 12.7. The van der Waals surface area contributed by atoms with Gasteiger partial charge in [-0.15, -0.1) is 11.3 Å². The Morgan fingerprint density at radius 1 is 1.00 bits per heavy atom. The van der Waals surface area contributed by atoms with Crippen molar-refractivity contribution in [1.29, 1.82) is 0 Å². The normalized spacial score (nSPS) is 10.6. The van der Waals surface area contributed by atoms with Gasteiger partial charge in [-0.1, -0.05) is 6.07 Å². The molecule has 2 aromatic carbocycles. The van der Waals surface area contributed by atoms with Gasteiger partial charge in [0.25, 0.3) is 0 Å². The Bertz CT molecular complexity index is 742. The van der Waals surface area contributed by atoms with Crippen LogP contribution < -0.4 is 5.32 Å². The Morgan fingerprint density at radius 3 is 2.33 bits per heavy atom. The van der Waals surface area contributed by atoms with Crippen molar-refractivity contribution >= 4 is 22.2 Å². The van der Waals surface area contributed by atoms with Crippen molar-refractivity contribution < 1.29 is 4.39 Å². The Morgan fingerprint density at radius 2 is 1.67 bits per heavy atom. The average molecular weight is 298 g/mol. The van der Waals surface area contributed by atoms with Gasteiger partial charge in [-0.25, -0.2) is 9.37 Å². The topological polar surface area (TPSA) is 24.9 Å². The number of aromatic nitrogens is 1. The molecule has 0 unspecified atom stereocenters. The zero-order valence-corrected chi connectivity index (χ0v) is 12.7. The highest BCUT2D eigenvalue weighted by Crippen LogP contribution is 2.27. The summed E-state index contributed by atoms with van der Waals surface area (Å²) in [5.74, 6) is -0.234. The van der Waals surface area contributed by atoms with Gasteiger partial charge in [-0.2, -0.15) is 0 Å². The maximum Gasteiger partial charge on any atom is 0.187 e. The largest absolute Gasteiger partial charge is 0.332 e. The van der Waals surface area contributed by atoms with E-state index in [0.29, 0.717) is 0 Å². The first-order valence-electron chi connectivity index (χ1n) is 6.67. The Hall–Kier alpha value is -2.20. The molecule has 0 saturated heterocycles.